The SMILES string of the molecule is COc1ccc(CN[C@@H](C)CO)c(OC)c1. The normalized spacial score (nSPS) is 12.2. The lowest BCUT2D eigenvalue weighted by molar-refractivity contribution is 0.250. The summed E-state index contributed by atoms with van der Waals surface area (Å²) in [6.07, 6.45) is 0. The molecular weight excluding hydrogens is 206 g/mol. The first-order valence-electron chi connectivity index (χ1n) is 5.26. The highest BCUT2D eigenvalue weighted by Gasteiger charge is 2.06. The molecule has 1 aromatic carbocycles. The van der Waals surface area contributed by atoms with Crippen LogP contribution in [0.15, 0.2) is 18.2 Å². The zero-order chi connectivity index (χ0) is 12.0. The number of hydrogen-bond acceptors (Lipinski definition) is 4. The highest BCUT2D eigenvalue weighted by molar-refractivity contribution is 5.40. The van der Waals surface area contributed by atoms with Crippen molar-refractivity contribution in [3.8, 4) is 11.5 Å². The molecule has 0 aliphatic rings. The van der Waals surface area contributed by atoms with Gasteiger partial charge in [0.25, 0.3) is 0 Å². The van der Waals surface area contributed by atoms with Crippen molar-refractivity contribution in [1.29, 1.82) is 0 Å². The minimum absolute atomic E-state index is 0.0757. The van der Waals surface area contributed by atoms with Crippen LogP contribution in [0.1, 0.15) is 12.5 Å². The third-order valence-electron chi connectivity index (χ3n) is 2.41. The summed E-state index contributed by atoms with van der Waals surface area (Å²) in [6.45, 7) is 2.71. The lowest BCUT2D eigenvalue weighted by Gasteiger charge is -2.14. The van der Waals surface area contributed by atoms with Crippen molar-refractivity contribution in [1.82, 2.24) is 5.32 Å². The molecule has 2 N–H and O–H groups in total. The van der Waals surface area contributed by atoms with Crippen LogP contribution in [-0.2, 0) is 6.54 Å². The number of hydrogen-bond donors (Lipinski definition) is 2. The molecule has 4 heteroatoms. The highest BCUT2D eigenvalue weighted by atomic mass is 16.5. The predicted octanol–water partition coefficient (Wildman–Crippen LogP) is 1.17. The summed E-state index contributed by atoms with van der Waals surface area (Å²) >= 11 is 0. The van der Waals surface area contributed by atoms with Crippen LogP contribution < -0.4 is 14.8 Å². The number of nitrogens with one attached hydrogen (secondary N) is 1. The van der Waals surface area contributed by atoms with Crippen LogP contribution in [-0.4, -0.2) is 32.0 Å². The average Bonchev–Trinajstić information content (AvgIpc) is 2.35. The van der Waals surface area contributed by atoms with Crippen LogP contribution in [0.25, 0.3) is 0 Å². The smallest absolute Gasteiger partial charge is 0.127 e. The zero-order valence-electron chi connectivity index (χ0n) is 9.99. The number of benzene rings is 1. The first-order valence-corrected chi connectivity index (χ1v) is 5.26. The fourth-order valence-corrected chi connectivity index (χ4v) is 1.35. The van der Waals surface area contributed by atoms with Gasteiger partial charge in [0.05, 0.1) is 20.8 Å². The first-order chi connectivity index (χ1) is 7.71. The van der Waals surface area contributed by atoms with Crippen LogP contribution >= 0.6 is 0 Å². The fraction of sp³-hybridized carbons (Fsp3) is 0.500. The molecule has 90 valence electrons. The Morgan fingerprint density at radius 1 is 1.31 bits per heavy atom. The summed E-state index contributed by atoms with van der Waals surface area (Å²) in [4.78, 5) is 0. The van der Waals surface area contributed by atoms with E-state index >= 15 is 0 Å². The molecule has 4 nitrogen and oxygen atoms in total. The minimum Gasteiger partial charge on any atom is -0.497 e. The lowest BCUT2D eigenvalue weighted by atomic mass is 10.2. The van der Waals surface area contributed by atoms with Crippen molar-refractivity contribution >= 4 is 0 Å². The molecule has 0 spiro atoms. The molecule has 0 fully saturated rings. The third kappa shape index (κ3) is 3.40. The summed E-state index contributed by atoms with van der Waals surface area (Å²) in [5.41, 5.74) is 1.05. The molecule has 0 amide bonds. The fourth-order valence-electron chi connectivity index (χ4n) is 1.35. The van der Waals surface area contributed by atoms with Gasteiger partial charge in [-0.05, 0) is 13.0 Å². The van der Waals surface area contributed by atoms with E-state index in [2.05, 4.69) is 5.32 Å². The Morgan fingerprint density at radius 2 is 2.06 bits per heavy atom. The second-order valence-electron chi connectivity index (χ2n) is 3.64. The monoisotopic (exact) mass is 225 g/mol. The molecule has 16 heavy (non-hydrogen) atoms. The summed E-state index contributed by atoms with van der Waals surface area (Å²) in [5.74, 6) is 1.56. The summed E-state index contributed by atoms with van der Waals surface area (Å²) in [5, 5.41) is 12.1. The van der Waals surface area contributed by atoms with Gasteiger partial charge >= 0.3 is 0 Å². The lowest BCUT2D eigenvalue weighted by Crippen LogP contribution is -2.28. The standard InChI is InChI=1S/C12H19NO3/c1-9(8-14)13-7-10-4-5-11(15-2)6-12(10)16-3/h4-6,9,13-14H,7-8H2,1-3H3/t9-/m0/s1. The van der Waals surface area contributed by atoms with Crippen molar-refractivity contribution in [2.75, 3.05) is 20.8 Å². The maximum absolute atomic E-state index is 8.91. The number of methoxy groups -OCH3 is 2. The zero-order valence-corrected chi connectivity index (χ0v) is 9.99. The Balaban J connectivity index is 2.71. The molecule has 0 unspecified atom stereocenters. The van der Waals surface area contributed by atoms with E-state index in [9.17, 15) is 0 Å². The van der Waals surface area contributed by atoms with Gasteiger partial charge in [-0.3, -0.25) is 0 Å². The first kappa shape index (κ1) is 12.8. The second kappa shape index (κ2) is 6.35. The molecule has 0 saturated heterocycles. The Labute approximate surface area is 96.2 Å². The van der Waals surface area contributed by atoms with Crippen molar-refractivity contribution < 1.29 is 14.6 Å². The van der Waals surface area contributed by atoms with Crippen LogP contribution in [0.4, 0.5) is 0 Å². The van der Waals surface area contributed by atoms with Gasteiger partial charge in [0.2, 0.25) is 0 Å². The summed E-state index contributed by atoms with van der Waals surface area (Å²) in [7, 11) is 3.26. The van der Waals surface area contributed by atoms with Crippen molar-refractivity contribution in [3.63, 3.8) is 0 Å². The maximum Gasteiger partial charge on any atom is 0.127 e. The second-order valence-corrected chi connectivity index (χ2v) is 3.64. The van der Waals surface area contributed by atoms with Gasteiger partial charge in [-0.15, -0.1) is 0 Å². The molecule has 0 heterocycles. The molecule has 1 atom stereocenters. The molecule has 1 rings (SSSR count). The van der Waals surface area contributed by atoms with E-state index in [1.165, 1.54) is 0 Å². The highest BCUT2D eigenvalue weighted by Crippen LogP contribution is 2.24. The van der Waals surface area contributed by atoms with Crippen molar-refractivity contribution in [3.05, 3.63) is 23.8 Å². The summed E-state index contributed by atoms with van der Waals surface area (Å²) < 4.78 is 10.4. The van der Waals surface area contributed by atoms with Gasteiger partial charge in [-0.2, -0.15) is 0 Å². The molecule has 0 aliphatic carbocycles. The molecule has 0 radical (unpaired) electrons. The van der Waals surface area contributed by atoms with Gasteiger partial charge in [-0.25, -0.2) is 0 Å². The number of ether oxygens (including phenoxy) is 2. The predicted molar refractivity (Wildman–Crippen MR) is 62.9 cm³/mol. The molecule has 0 bridgehead atoms. The van der Waals surface area contributed by atoms with Crippen LogP contribution in [0.2, 0.25) is 0 Å². The van der Waals surface area contributed by atoms with Crippen molar-refractivity contribution in [2.45, 2.75) is 19.5 Å². The largest absolute Gasteiger partial charge is 0.497 e. The number of aliphatic hydroxyl groups excluding tert-OH is 1. The molecule has 0 aliphatic heterocycles. The quantitative estimate of drug-likeness (QED) is 0.763. The minimum atomic E-state index is 0.0757. The van der Waals surface area contributed by atoms with Gasteiger partial charge in [0.15, 0.2) is 0 Å². The van der Waals surface area contributed by atoms with Gasteiger partial charge < -0.3 is 19.9 Å². The van der Waals surface area contributed by atoms with E-state index in [-0.39, 0.29) is 12.6 Å². The van der Waals surface area contributed by atoms with E-state index in [4.69, 9.17) is 14.6 Å². The van der Waals surface area contributed by atoms with Gasteiger partial charge in [0, 0.05) is 24.2 Å². The number of aliphatic hydroxyl groups is 1. The third-order valence-corrected chi connectivity index (χ3v) is 2.41. The Morgan fingerprint density at radius 3 is 2.62 bits per heavy atom. The maximum atomic E-state index is 8.91. The van der Waals surface area contributed by atoms with Crippen LogP contribution in [0.5, 0.6) is 11.5 Å². The van der Waals surface area contributed by atoms with Crippen LogP contribution in [0, 0.1) is 0 Å². The van der Waals surface area contributed by atoms with E-state index in [0.717, 1.165) is 17.1 Å². The van der Waals surface area contributed by atoms with E-state index in [1.54, 1.807) is 14.2 Å². The van der Waals surface area contributed by atoms with Gasteiger partial charge in [0.1, 0.15) is 11.5 Å². The van der Waals surface area contributed by atoms with Gasteiger partial charge in [-0.1, -0.05) is 6.07 Å². The molecular formula is C12H19NO3. The molecule has 1 aromatic rings. The Hall–Kier alpha value is -1.26. The average molecular weight is 225 g/mol. The number of rotatable bonds is 6. The molecule has 0 aromatic heterocycles. The van der Waals surface area contributed by atoms with Crippen LogP contribution in [0.3, 0.4) is 0 Å². The summed E-state index contributed by atoms with van der Waals surface area (Å²) in [6, 6.07) is 5.77. The molecule has 0 saturated carbocycles. The Kier molecular flexibility index (Phi) is 5.08. The van der Waals surface area contributed by atoms with E-state index in [1.807, 2.05) is 25.1 Å². The van der Waals surface area contributed by atoms with E-state index in [0.29, 0.717) is 6.54 Å². The Bertz CT molecular complexity index is 328. The topological polar surface area (TPSA) is 50.7 Å². The van der Waals surface area contributed by atoms with Crippen molar-refractivity contribution in [2.24, 2.45) is 0 Å². The van der Waals surface area contributed by atoms with E-state index < -0.39 is 0 Å².